The van der Waals surface area contributed by atoms with Crippen LogP contribution >= 0.6 is 0 Å². The summed E-state index contributed by atoms with van der Waals surface area (Å²) in [5.41, 5.74) is 1.62. The maximum atomic E-state index is 12.4. The maximum Gasteiger partial charge on any atom is 0.313 e. The van der Waals surface area contributed by atoms with Crippen molar-refractivity contribution in [1.82, 2.24) is 0 Å². The van der Waals surface area contributed by atoms with Crippen molar-refractivity contribution in [1.29, 1.82) is 0 Å². The summed E-state index contributed by atoms with van der Waals surface area (Å²) < 4.78 is 4.98. The first kappa shape index (κ1) is 23.7. The van der Waals surface area contributed by atoms with Gasteiger partial charge in [-0.05, 0) is 12.5 Å². The molecule has 2 aromatic rings. The van der Waals surface area contributed by atoms with Gasteiger partial charge in [0.15, 0.2) is 5.78 Å². The average molecular weight is 418 g/mol. The monoisotopic (exact) mass is 418 g/mol. The van der Waals surface area contributed by atoms with Crippen molar-refractivity contribution in [3.63, 3.8) is 0 Å². The van der Waals surface area contributed by atoms with Crippen LogP contribution in [-0.2, 0) is 9.53 Å². The summed E-state index contributed by atoms with van der Waals surface area (Å²) in [4.78, 5) is 24.7. The molecule has 0 amide bonds. The molecule has 0 aliphatic rings. The lowest BCUT2D eigenvalue weighted by Crippen LogP contribution is -2.47. The minimum atomic E-state index is -1.81. The van der Waals surface area contributed by atoms with E-state index in [0.717, 1.165) is 0 Å². The number of aliphatic hydroxyl groups excluding tert-OH is 5. The maximum absolute atomic E-state index is 12.4. The Hall–Kier alpha value is -2.62. The molecule has 0 aromatic heterocycles. The number of aliphatic hydroxyl groups is 5. The number of hydrogen-bond acceptors (Lipinski definition) is 8. The molecule has 0 bridgehead atoms. The zero-order valence-electron chi connectivity index (χ0n) is 16.5. The van der Waals surface area contributed by atoms with Crippen LogP contribution in [0, 0.1) is 0 Å². The van der Waals surface area contributed by atoms with E-state index in [-0.39, 0.29) is 5.78 Å². The summed E-state index contributed by atoms with van der Waals surface area (Å²) in [5.74, 6) is -1.53. The molecule has 1 unspecified atom stereocenters. The minimum Gasteiger partial charge on any atom is -0.462 e. The van der Waals surface area contributed by atoms with Gasteiger partial charge in [-0.3, -0.25) is 9.59 Å². The van der Waals surface area contributed by atoms with Gasteiger partial charge in [0.25, 0.3) is 0 Å². The molecule has 0 radical (unpaired) electrons. The molecule has 0 aliphatic carbocycles. The van der Waals surface area contributed by atoms with Crippen molar-refractivity contribution >= 4 is 11.8 Å². The molecule has 2 aromatic carbocycles. The van der Waals surface area contributed by atoms with E-state index in [9.17, 15) is 30.0 Å². The van der Waals surface area contributed by atoms with Crippen LogP contribution < -0.4 is 0 Å². The summed E-state index contributed by atoms with van der Waals surface area (Å²) in [6.45, 7) is 0.179. The Morgan fingerprint density at radius 2 is 1.37 bits per heavy atom. The molecule has 0 fully saturated rings. The van der Waals surface area contributed by atoms with Crippen LogP contribution in [0.5, 0.6) is 0 Å². The largest absolute Gasteiger partial charge is 0.462 e. The molecule has 162 valence electrons. The van der Waals surface area contributed by atoms with E-state index >= 15 is 0 Å². The van der Waals surface area contributed by atoms with E-state index in [1.54, 1.807) is 55.5 Å². The van der Waals surface area contributed by atoms with Gasteiger partial charge in [-0.2, -0.15) is 0 Å². The second-order valence-electron chi connectivity index (χ2n) is 6.97. The van der Waals surface area contributed by atoms with Gasteiger partial charge in [0.05, 0.1) is 12.5 Å². The minimum absolute atomic E-state index is 0.141. The SMILES string of the molecule is CC(C(=O)OC[C@H](O)[C@@H](O)[C@H](O)[C@H](O)CO)c1ccc(C(=O)c2ccccc2)cc1. The topological polar surface area (TPSA) is 145 Å². The van der Waals surface area contributed by atoms with E-state index in [2.05, 4.69) is 0 Å². The van der Waals surface area contributed by atoms with E-state index in [1.165, 1.54) is 0 Å². The Balaban J connectivity index is 1.94. The van der Waals surface area contributed by atoms with Gasteiger partial charge >= 0.3 is 5.97 Å². The first-order valence-corrected chi connectivity index (χ1v) is 9.45. The number of esters is 1. The molecule has 0 heterocycles. The van der Waals surface area contributed by atoms with Crippen LogP contribution in [0.3, 0.4) is 0 Å². The van der Waals surface area contributed by atoms with Crippen molar-refractivity contribution in [2.75, 3.05) is 13.2 Å². The Morgan fingerprint density at radius 1 is 0.833 bits per heavy atom. The van der Waals surface area contributed by atoms with E-state index in [1.807, 2.05) is 6.07 Å². The van der Waals surface area contributed by atoms with Crippen molar-refractivity contribution in [2.24, 2.45) is 0 Å². The molecule has 0 spiro atoms. The molecule has 2 rings (SSSR count). The molecule has 30 heavy (non-hydrogen) atoms. The lowest BCUT2D eigenvalue weighted by atomic mass is 9.97. The Kier molecular flexibility index (Phi) is 8.64. The van der Waals surface area contributed by atoms with Crippen LogP contribution in [-0.4, -0.2) is 74.9 Å². The fourth-order valence-corrected chi connectivity index (χ4v) is 2.77. The van der Waals surface area contributed by atoms with Crippen molar-refractivity contribution in [2.45, 2.75) is 37.3 Å². The van der Waals surface area contributed by atoms with Crippen LogP contribution in [0.1, 0.15) is 34.3 Å². The highest BCUT2D eigenvalue weighted by Gasteiger charge is 2.31. The van der Waals surface area contributed by atoms with E-state index in [0.29, 0.717) is 16.7 Å². The van der Waals surface area contributed by atoms with Gasteiger partial charge in [-0.25, -0.2) is 0 Å². The van der Waals surface area contributed by atoms with Crippen LogP contribution in [0.25, 0.3) is 0 Å². The highest BCUT2D eigenvalue weighted by atomic mass is 16.5. The fraction of sp³-hybridized carbons (Fsp3) is 0.364. The normalized spacial score (nSPS) is 16.2. The highest BCUT2D eigenvalue weighted by molar-refractivity contribution is 6.09. The van der Waals surface area contributed by atoms with Gasteiger partial charge in [-0.1, -0.05) is 54.6 Å². The van der Waals surface area contributed by atoms with Gasteiger partial charge in [0.1, 0.15) is 31.0 Å². The number of ketones is 1. The van der Waals surface area contributed by atoms with Crippen LogP contribution in [0.15, 0.2) is 54.6 Å². The predicted octanol–water partition coefficient (Wildman–Crippen LogP) is 0.000200. The van der Waals surface area contributed by atoms with Crippen LogP contribution in [0.4, 0.5) is 0 Å². The van der Waals surface area contributed by atoms with Crippen molar-refractivity contribution in [3.05, 3.63) is 71.3 Å². The lowest BCUT2D eigenvalue weighted by Gasteiger charge is -2.25. The van der Waals surface area contributed by atoms with Gasteiger partial charge in [0, 0.05) is 11.1 Å². The molecule has 5 N–H and O–H groups in total. The first-order chi connectivity index (χ1) is 14.3. The van der Waals surface area contributed by atoms with Crippen molar-refractivity contribution in [3.8, 4) is 0 Å². The zero-order valence-corrected chi connectivity index (χ0v) is 16.5. The summed E-state index contributed by atoms with van der Waals surface area (Å²) in [6.07, 6.45) is -6.89. The summed E-state index contributed by atoms with van der Waals surface area (Å²) in [7, 11) is 0. The van der Waals surface area contributed by atoms with Gasteiger partial charge in [-0.15, -0.1) is 0 Å². The number of rotatable bonds is 10. The Morgan fingerprint density at radius 3 is 1.93 bits per heavy atom. The Labute approximate surface area is 174 Å². The highest BCUT2D eigenvalue weighted by Crippen LogP contribution is 2.19. The molecule has 0 saturated heterocycles. The Bertz CT molecular complexity index is 821. The average Bonchev–Trinajstić information content (AvgIpc) is 2.80. The molecule has 0 saturated carbocycles. The number of benzene rings is 2. The summed E-state index contributed by atoms with van der Waals surface area (Å²) in [6, 6.07) is 15.3. The molecule has 8 heteroatoms. The lowest BCUT2D eigenvalue weighted by molar-refractivity contribution is -0.157. The second-order valence-corrected chi connectivity index (χ2v) is 6.97. The third kappa shape index (κ3) is 5.94. The molecule has 0 aliphatic heterocycles. The van der Waals surface area contributed by atoms with E-state index in [4.69, 9.17) is 9.84 Å². The smallest absolute Gasteiger partial charge is 0.313 e. The van der Waals surface area contributed by atoms with Crippen molar-refractivity contribution < 1.29 is 39.9 Å². The summed E-state index contributed by atoms with van der Waals surface area (Å²) in [5, 5.41) is 47.2. The van der Waals surface area contributed by atoms with Gasteiger partial charge < -0.3 is 30.3 Å². The van der Waals surface area contributed by atoms with E-state index < -0.39 is 49.5 Å². The number of carbonyl (C=O) groups excluding carboxylic acids is 2. The zero-order chi connectivity index (χ0) is 22.3. The number of ether oxygens (including phenoxy) is 1. The number of hydrogen-bond donors (Lipinski definition) is 5. The third-order valence-electron chi connectivity index (χ3n) is 4.78. The molecule has 8 nitrogen and oxygen atoms in total. The third-order valence-corrected chi connectivity index (χ3v) is 4.78. The fourth-order valence-electron chi connectivity index (χ4n) is 2.77. The molecule has 5 atom stereocenters. The molecular formula is C22H26O8. The quantitative estimate of drug-likeness (QED) is 0.268. The number of carbonyl (C=O) groups is 2. The predicted molar refractivity (Wildman–Crippen MR) is 107 cm³/mol. The summed E-state index contributed by atoms with van der Waals surface area (Å²) >= 11 is 0. The second kappa shape index (κ2) is 11.0. The molecular weight excluding hydrogens is 392 g/mol. The van der Waals surface area contributed by atoms with Crippen LogP contribution in [0.2, 0.25) is 0 Å². The van der Waals surface area contributed by atoms with Gasteiger partial charge in [0.2, 0.25) is 0 Å². The standard InChI is InChI=1S/C22H26O8/c1-13(22(29)30-12-18(25)21(28)20(27)17(24)11-23)14-7-9-16(10-8-14)19(26)15-5-3-2-4-6-15/h2-10,13,17-18,20-21,23-25,27-28H,11-12H2,1H3/t13?,17-,18+,20-,21-/m1/s1. The first-order valence-electron chi connectivity index (χ1n) is 9.45.